The third-order valence-electron chi connectivity index (χ3n) is 6.46. The molecule has 0 radical (unpaired) electrons. The molecule has 3 fully saturated rings. The van der Waals surface area contributed by atoms with E-state index in [9.17, 15) is 0 Å². The van der Waals surface area contributed by atoms with E-state index in [1.54, 1.807) is 19.3 Å². The molecule has 0 aromatic carbocycles. The fraction of sp³-hybridized carbons (Fsp3) is 1.00. The first-order chi connectivity index (χ1) is 6.58. The van der Waals surface area contributed by atoms with Crippen molar-refractivity contribution in [2.75, 3.05) is 0 Å². The summed E-state index contributed by atoms with van der Waals surface area (Å²) in [6.07, 6.45) is 9.22. The minimum Gasteiger partial charge on any atom is -0.0622 e. The molecule has 0 heterocycles. The van der Waals surface area contributed by atoms with E-state index in [0.29, 0.717) is 5.41 Å². The minimum atomic E-state index is 0.667. The molecule has 4 unspecified atom stereocenters. The lowest BCUT2D eigenvalue weighted by Gasteiger charge is -2.48. The Morgan fingerprint density at radius 1 is 1.07 bits per heavy atom. The Hall–Kier alpha value is 0. The second-order valence-electron chi connectivity index (χ2n) is 6.83. The quantitative estimate of drug-likeness (QED) is 0.538. The van der Waals surface area contributed by atoms with Crippen LogP contribution >= 0.6 is 0 Å². The van der Waals surface area contributed by atoms with Crippen molar-refractivity contribution in [1.82, 2.24) is 0 Å². The van der Waals surface area contributed by atoms with Gasteiger partial charge in [0, 0.05) is 0 Å². The maximum atomic E-state index is 2.58. The van der Waals surface area contributed by atoms with Gasteiger partial charge in [-0.2, -0.15) is 0 Å². The van der Waals surface area contributed by atoms with E-state index in [-0.39, 0.29) is 0 Å². The van der Waals surface area contributed by atoms with Crippen molar-refractivity contribution >= 4 is 0 Å². The van der Waals surface area contributed by atoms with Crippen LogP contribution in [0.1, 0.15) is 59.3 Å². The molecule has 2 bridgehead atoms. The van der Waals surface area contributed by atoms with Crippen molar-refractivity contribution in [1.29, 1.82) is 0 Å². The van der Waals surface area contributed by atoms with E-state index < -0.39 is 0 Å². The van der Waals surface area contributed by atoms with Gasteiger partial charge in [-0.3, -0.25) is 0 Å². The smallest absolute Gasteiger partial charge is 0.0213 e. The lowest BCUT2D eigenvalue weighted by molar-refractivity contribution is 0.00769. The molecule has 4 atom stereocenters. The predicted octanol–water partition coefficient (Wildman–Crippen LogP) is 4.25. The highest BCUT2D eigenvalue weighted by Gasteiger charge is 2.64. The second-order valence-corrected chi connectivity index (χ2v) is 6.83. The van der Waals surface area contributed by atoms with Gasteiger partial charge in [0.25, 0.3) is 0 Å². The highest BCUT2D eigenvalue weighted by molar-refractivity contribution is 5.13. The number of rotatable bonds is 0. The highest BCUT2D eigenvalue weighted by Crippen LogP contribution is 2.72. The van der Waals surface area contributed by atoms with Crippen LogP contribution in [0.2, 0.25) is 0 Å². The van der Waals surface area contributed by atoms with Gasteiger partial charge in [-0.15, -0.1) is 0 Å². The zero-order valence-electron chi connectivity index (χ0n) is 9.97. The van der Waals surface area contributed by atoms with Crippen molar-refractivity contribution in [2.45, 2.75) is 59.3 Å². The molecule has 0 saturated heterocycles. The molecule has 3 saturated carbocycles. The summed E-state index contributed by atoms with van der Waals surface area (Å²) in [5, 5.41) is 0. The maximum absolute atomic E-state index is 2.58. The minimum absolute atomic E-state index is 0.667. The average molecular weight is 192 g/mol. The van der Waals surface area contributed by atoms with Gasteiger partial charge in [-0.1, -0.05) is 27.2 Å². The maximum Gasteiger partial charge on any atom is -0.0213 e. The topological polar surface area (TPSA) is 0 Å². The van der Waals surface area contributed by atoms with Crippen LogP contribution in [-0.4, -0.2) is 0 Å². The van der Waals surface area contributed by atoms with Crippen LogP contribution in [0.3, 0.4) is 0 Å². The normalized spacial score (nSPS) is 54.6. The molecule has 0 heteroatoms. The van der Waals surface area contributed by atoms with Crippen molar-refractivity contribution < 1.29 is 0 Å². The Kier molecular flexibility index (Phi) is 1.70. The van der Waals surface area contributed by atoms with E-state index in [4.69, 9.17) is 0 Å². The molecule has 3 aliphatic carbocycles. The number of fused-ring (bicyclic) bond motifs is 1. The molecule has 0 nitrogen and oxygen atoms in total. The van der Waals surface area contributed by atoms with Gasteiger partial charge in [-0.05, 0) is 60.7 Å². The highest BCUT2D eigenvalue weighted by atomic mass is 14.7. The summed E-state index contributed by atoms with van der Waals surface area (Å²) in [7, 11) is 0. The van der Waals surface area contributed by atoms with Gasteiger partial charge in [0.05, 0.1) is 0 Å². The van der Waals surface area contributed by atoms with Gasteiger partial charge < -0.3 is 0 Å². The lowest BCUT2D eigenvalue weighted by atomic mass is 9.56. The van der Waals surface area contributed by atoms with Crippen molar-refractivity contribution in [3.8, 4) is 0 Å². The van der Waals surface area contributed by atoms with Crippen LogP contribution in [0.25, 0.3) is 0 Å². The van der Waals surface area contributed by atoms with Gasteiger partial charge in [0.15, 0.2) is 0 Å². The Morgan fingerprint density at radius 3 is 2.64 bits per heavy atom. The van der Waals surface area contributed by atoms with Gasteiger partial charge >= 0.3 is 0 Å². The molecule has 0 aromatic heterocycles. The van der Waals surface area contributed by atoms with E-state index in [2.05, 4.69) is 20.8 Å². The Bertz CT molecular complexity index is 249. The molecule has 0 aromatic rings. The summed E-state index contributed by atoms with van der Waals surface area (Å²) >= 11 is 0. The first-order valence-electron chi connectivity index (χ1n) is 6.58. The predicted molar refractivity (Wildman–Crippen MR) is 60.1 cm³/mol. The first kappa shape index (κ1) is 9.24. The third-order valence-corrected chi connectivity index (χ3v) is 6.46. The number of hydrogen-bond donors (Lipinski definition) is 0. The average Bonchev–Trinajstić information content (AvgIpc) is 2.46. The van der Waals surface area contributed by atoms with Gasteiger partial charge in [-0.25, -0.2) is 0 Å². The van der Waals surface area contributed by atoms with E-state index in [1.807, 2.05) is 0 Å². The Morgan fingerprint density at radius 2 is 1.86 bits per heavy atom. The van der Waals surface area contributed by atoms with E-state index >= 15 is 0 Å². The molecule has 1 spiro atoms. The Balaban J connectivity index is 2.05. The molecule has 0 N–H and O–H groups in total. The molecular formula is C14H24. The van der Waals surface area contributed by atoms with Crippen molar-refractivity contribution in [2.24, 2.45) is 28.6 Å². The summed E-state index contributed by atoms with van der Waals surface area (Å²) in [6, 6.07) is 0. The largest absolute Gasteiger partial charge is 0.0622 e. The fourth-order valence-corrected chi connectivity index (χ4v) is 5.46. The van der Waals surface area contributed by atoms with Crippen LogP contribution in [0.5, 0.6) is 0 Å². The van der Waals surface area contributed by atoms with Gasteiger partial charge in [0.2, 0.25) is 0 Å². The van der Waals surface area contributed by atoms with Crippen LogP contribution < -0.4 is 0 Å². The second kappa shape index (κ2) is 2.57. The monoisotopic (exact) mass is 192 g/mol. The van der Waals surface area contributed by atoms with Crippen molar-refractivity contribution in [3.05, 3.63) is 0 Å². The molecule has 80 valence electrons. The standard InChI is InChI=1S/C14H24/c1-10-6-8-14-7-4-5-11(9-12(10)14)13(14,2)3/h10-12H,4-9H2,1-3H3. The van der Waals surface area contributed by atoms with Crippen LogP contribution in [0, 0.1) is 28.6 Å². The zero-order valence-corrected chi connectivity index (χ0v) is 9.97. The molecule has 3 aliphatic rings. The molecule has 0 amide bonds. The van der Waals surface area contributed by atoms with Gasteiger partial charge in [0.1, 0.15) is 0 Å². The third kappa shape index (κ3) is 0.823. The molecule has 14 heavy (non-hydrogen) atoms. The summed E-state index contributed by atoms with van der Waals surface area (Å²) in [6.45, 7) is 7.67. The van der Waals surface area contributed by atoms with Crippen LogP contribution in [0.4, 0.5) is 0 Å². The molecule has 0 aliphatic heterocycles. The summed E-state index contributed by atoms with van der Waals surface area (Å²) in [5.41, 5.74) is 1.44. The summed E-state index contributed by atoms with van der Waals surface area (Å²) < 4.78 is 0. The van der Waals surface area contributed by atoms with E-state index in [0.717, 1.165) is 23.2 Å². The van der Waals surface area contributed by atoms with Crippen LogP contribution in [-0.2, 0) is 0 Å². The van der Waals surface area contributed by atoms with Crippen LogP contribution in [0.15, 0.2) is 0 Å². The molecule has 3 rings (SSSR count). The zero-order chi connectivity index (χ0) is 9.97. The first-order valence-corrected chi connectivity index (χ1v) is 6.58. The lowest BCUT2D eigenvalue weighted by Crippen LogP contribution is -2.40. The Labute approximate surface area is 88.5 Å². The van der Waals surface area contributed by atoms with E-state index in [1.165, 1.54) is 19.3 Å². The fourth-order valence-electron chi connectivity index (χ4n) is 5.46. The summed E-state index contributed by atoms with van der Waals surface area (Å²) in [4.78, 5) is 0. The van der Waals surface area contributed by atoms with Crippen molar-refractivity contribution in [3.63, 3.8) is 0 Å². The summed E-state index contributed by atoms with van der Waals surface area (Å²) in [5.74, 6) is 3.17. The molecular weight excluding hydrogens is 168 g/mol. The number of hydrogen-bond acceptors (Lipinski definition) is 0. The SMILES string of the molecule is CC1CCC23CCCC(CC12)C3(C)C.